The van der Waals surface area contributed by atoms with Gasteiger partial charge in [0.2, 0.25) is 11.9 Å². The molecule has 0 aliphatic carbocycles. The molecule has 1 aliphatic heterocycles. The fourth-order valence-electron chi connectivity index (χ4n) is 3.37. The summed E-state index contributed by atoms with van der Waals surface area (Å²) in [4.78, 5) is 22.8. The van der Waals surface area contributed by atoms with E-state index in [4.69, 9.17) is 10.5 Å². The van der Waals surface area contributed by atoms with E-state index in [0.717, 1.165) is 0 Å². The molecule has 16 heteroatoms. The first kappa shape index (κ1) is 23.2. The van der Waals surface area contributed by atoms with Gasteiger partial charge in [-0.3, -0.25) is 14.3 Å². The molecule has 0 saturated carbocycles. The molecule has 1 unspecified atom stereocenters. The lowest BCUT2D eigenvalue weighted by molar-refractivity contribution is -0.991. The van der Waals surface area contributed by atoms with Crippen LogP contribution in [0.2, 0.25) is 0 Å². The Labute approximate surface area is 192 Å². The number of nitrogen functional groups attached to an aromatic ring is 1. The molecule has 0 amide bonds. The second kappa shape index (κ2) is 9.12. The van der Waals surface area contributed by atoms with Crippen LogP contribution < -0.4 is 21.9 Å². The molecule has 4 rings (SSSR count). The number of hydrogen-bond acceptors (Lipinski definition) is 12. The summed E-state index contributed by atoms with van der Waals surface area (Å²) in [5.41, 5.74) is 7.86. The van der Waals surface area contributed by atoms with E-state index in [1.165, 1.54) is 16.8 Å². The third-order valence-corrected chi connectivity index (χ3v) is 5.63. The highest BCUT2D eigenvalue weighted by Gasteiger charge is 2.45. The first-order valence-corrected chi connectivity index (χ1v) is 10.2. The summed E-state index contributed by atoms with van der Waals surface area (Å²) < 4.78 is 7.13. The van der Waals surface area contributed by atoms with E-state index in [0.29, 0.717) is 10.0 Å². The number of aliphatic hydroxyl groups is 3. The summed E-state index contributed by atoms with van der Waals surface area (Å²) in [6.07, 6.45) is -3.96. The number of hydrogen-bond donors (Lipinski definition) is 8. The van der Waals surface area contributed by atoms with E-state index in [2.05, 4.69) is 41.4 Å². The lowest BCUT2D eigenvalue weighted by atomic mass is 10.1. The van der Waals surface area contributed by atoms with Gasteiger partial charge in [0, 0.05) is 11.6 Å². The highest BCUT2D eigenvalue weighted by atomic mass is 79.9. The quantitative estimate of drug-likeness (QED) is 0.128. The van der Waals surface area contributed by atoms with Crippen molar-refractivity contribution in [1.29, 1.82) is 0 Å². The number of rotatable bonds is 6. The number of benzene rings is 1. The number of nitrogens with one attached hydrogen (secondary N) is 3. The van der Waals surface area contributed by atoms with Crippen LogP contribution in [-0.2, 0) is 4.74 Å². The molecule has 1 aliphatic rings. The van der Waals surface area contributed by atoms with Crippen molar-refractivity contribution in [2.75, 3.05) is 17.8 Å². The molecule has 0 bridgehead atoms. The van der Waals surface area contributed by atoms with Gasteiger partial charge < -0.3 is 31.0 Å². The van der Waals surface area contributed by atoms with Crippen LogP contribution in [0.5, 0.6) is 0 Å². The number of quaternary nitrogens is 1. The Hall–Kier alpha value is -2.96. The standard InChI is InChI=1S/C17H19BrN8O7/c18-7-2-1-6(3-8(7)26(31)32)4-20-24-17-21-10-13(22-16(19)23-14(10)30)25(17)15-12(29)11(28)9(5-27)33-15/h1-4,9,11-12,15,26-29,31H,5H2,(H,21,24)(H3,19,22,23,30)/b20-4-/t9-,11+,12+,15-/m1/s1. The Kier molecular flexibility index (Phi) is 6.41. The molecule has 176 valence electrons. The number of ether oxygens (including phenoxy) is 1. The van der Waals surface area contributed by atoms with Crippen LogP contribution in [0.3, 0.4) is 0 Å². The molecule has 1 aromatic carbocycles. The SMILES string of the molecule is Nc1nc2c(nc(N/N=C\c3ccc(Br)c([NH+]([O-])O)c3)n2[C@@H]2O[C@H](CO)[C@H](O)[C@@H]2O)c(=O)[nH]1. The Bertz CT molecular complexity index is 1260. The van der Waals surface area contributed by atoms with Crippen molar-refractivity contribution in [1.82, 2.24) is 19.5 Å². The minimum Gasteiger partial charge on any atom is -0.595 e. The summed E-state index contributed by atoms with van der Waals surface area (Å²) in [7, 11) is 0. The number of nitrogens with zero attached hydrogens (tertiary/aromatic N) is 4. The maximum absolute atomic E-state index is 12.3. The molecule has 2 aromatic heterocycles. The summed E-state index contributed by atoms with van der Waals surface area (Å²) >= 11 is 3.16. The average molecular weight is 527 g/mol. The molecule has 0 radical (unpaired) electrons. The zero-order valence-electron chi connectivity index (χ0n) is 16.6. The lowest BCUT2D eigenvalue weighted by Crippen LogP contribution is -2.99. The third kappa shape index (κ3) is 4.33. The molecular weight excluding hydrogens is 508 g/mol. The first-order valence-electron chi connectivity index (χ1n) is 9.43. The number of nitrogens with two attached hydrogens (primary N) is 1. The number of aromatic nitrogens is 4. The summed E-state index contributed by atoms with van der Waals surface area (Å²) in [6, 6.07) is 4.55. The van der Waals surface area contributed by atoms with Crippen LogP contribution in [0, 0.1) is 5.21 Å². The van der Waals surface area contributed by atoms with Crippen LogP contribution in [0.1, 0.15) is 11.8 Å². The Morgan fingerprint density at radius 1 is 1.39 bits per heavy atom. The van der Waals surface area contributed by atoms with Gasteiger partial charge in [0.1, 0.15) is 18.3 Å². The summed E-state index contributed by atoms with van der Waals surface area (Å²) in [5, 5.41) is 53.4. The molecule has 33 heavy (non-hydrogen) atoms. The number of halogens is 1. The molecule has 15 nitrogen and oxygen atoms in total. The zero-order valence-corrected chi connectivity index (χ0v) is 18.2. The number of aromatic amines is 1. The fourth-order valence-corrected chi connectivity index (χ4v) is 3.78. The van der Waals surface area contributed by atoms with Crippen molar-refractivity contribution in [2.45, 2.75) is 24.5 Å². The van der Waals surface area contributed by atoms with E-state index < -0.39 is 41.9 Å². The molecule has 3 heterocycles. The van der Waals surface area contributed by atoms with Crippen molar-refractivity contribution in [3.8, 4) is 0 Å². The first-order chi connectivity index (χ1) is 15.7. The van der Waals surface area contributed by atoms with E-state index in [-0.39, 0.29) is 28.7 Å². The van der Waals surface area contributed by atoms with Crippen molar-refractivity contribution < 1.29 is 30.5 Å². The maximum atomic E-state index is 12.3. The van der Waals surface area contributed by atoms with Gasteiger partial charge in [0.05, 0.1) is 17.3 Å². The number of aliphatic hydroxyl groups excluding tert-OH is 3. The Balaban J connectivity index is 1.73. The molecule has 9 N–H and O–H groups in total. The average Bonchev–Trinajstić information content (AvgIpc) is 3.26. The number of anilines is 2. The van der Waals surface area contributed by atoms with Gasteiger partial charge in [-0.05, 0) is 22.0 Å². The van der Waals surface area contributed by atoms with E-state index in [9.17, 15) is 30.5 Å². The normalized spacial score (nSPS) is 24.1. The van der Waals surface area contributed by atoms with Crippen molar-refractivity contribution >= 4 is 50.9 Å². The molecule has 1 saturated heterocycles. The lowest BCUT2D eigenvalue weighted by Gasteiger charge is -2.18. The molecule has 1 fully saturated rings. The van der Waals surface area contributed by atoms with E-state index >= 15 is 0 Å². The third-order valence-electron chi connectivity index (χ3n) is 4.94. The minimum absolute atomic E-state index is 0.0314. The molecule has 5 atom stereocenters. The van der Waals surface area contributed by atoms with Crippen molar-refractivity contribution in [3.05, 3.63) is 43.8 Å². The van der Waals surface area contributed by atoms with E-state index in [1.807, 2.05) is 0 Å². The number of H-pyrrole nitrogens is 1. The minimum atomic E-state index is -1.49. The smallest absolute Gasteiger partial charge is 0.280 e. The van der Waals surface area contributed by atoms with Crippen LogP contribution >= 0.6 is 15.9 Å². The van der Waals surface area contributed by atoms with Crippen molar-refractivity contribution in [3.63, 3.8) is 0 Å². The topological polar surface area (TPSA) is 232 Å². The van der Waals surface area contributed by atoms with Gasteiger partial charge in [0.25, 0.3) is 5.56 Å². The predicted molar refractivity (Wildman–Crippen MR) is 117 cm³/mol. The number of hydrazone groups is 1. The number of fused-ring (bicyclic) bond motifs is 1. The van der Waals surface area contributed by atoms with Crippen LogP contribution in [0.15, 0.2) is 32.6 Å². The second-order valence-electron chi connectivity index (χ2n) is 7.07. The second-order valence-corrected chi connectivity index (χ2v) is 7.93. The van der Waals surface area contributed by atoms with Crippen LogP contribution in [0.25, 0.3) is 11.2 Å². The van der Waals surface area contributed by atoms with Gasteiger partial charge in [-0.2, -0.15) is 15.3 Å². The van der Waals surface area contributed by atoms with Gasteiger partial charge in [-0.25, -0.2) is 15.6 Å². The Morgan fingerprint density at radius 3 is 2.82 bits per heavy atom. The van der Waals surface area contributed by atoms with Crippen LogP contribution in [0.4, 0.5) is 17.6 Å². The van der Waals surface area contributed by atoms with Gasteiger partial charge in [0.15, 0.2) is 23.1 Å². The van der Waals surface area contributed by atoms with Gasteiger partial charge in [-0.1, -0.05) is 6.07 Å². The maximum Gasteiger partial charge on any atom is 0.280 e. The Morgan fingerprint density at radius 2 is 2.15 bits per heavy atom. The highest BCUT2D eigenvalue weighted by Crippen LogP contribution is 2.34. The van der Waals surface area contributed by atoms with Crippen molar-refractivity contribution in [2.24, 2.45) is 5.10 Å². The van der Waals surface area contributed by atoms with Crippen LogP contribution in [-0.4, -0.2) is 71.2 Å². The number of imidazole rings is 1. The summed E-state index contributed by atoms with van der Waals surface area (Å²) in [5.74, 6) is -0.304. The largest absolute Gasteiger partial charge is 0.595 e. The van der Waals surface area contributed by atoms with E-state index in [1.54, 1.807) is 12.1 Å². The monoisotopic (exact) mass is 526 g/mol. The fraction of sp³-hybridized carbons (Fsp3) is 0.294. The van der Waals surface area contributed by atoms with Gasteiger partial charge >= 0.3 is 0 Å². The predicted octanol–water partition coefficient (Wildman–Crippen LogP) is -2.07. The highest BCUT2D eigenvalue weighted by molar-refractivity contribution is 9.10. The van der Waals surface area contributed by atoms with Gasteiger partial charge in [-0.15, -0.1) is 0 Å². The molecular formula is C17H19BrN8O7. The summed E-state index contributed by atoms with van der Waals surface area (Å²) in [6.45, 7) is -0.562. The molecule has 0 spiro atoms. The molecule has 3 aromatic rings. The zero-order chi connectivity index (χ0) is 23.9.